The van der Waals surface area contributed by atoms with Crippen LogP contribution in [0.25, 0.3) is 0 Å². The Morgan fingerprint density at radius 1 is 0.743 bits per heavy atom. The summed E-state index contributed by atoms with van der Waals surface area (Å²) in [6.45, 7) is 8.86. The van der Waals surface area contributed by atoms with Crippen LogP contribution in [0.3, 0.4) is 0 Å². The summed E-state index contributed by atoms with van der Waals surface area (Å²) in [6.07, 6.45) is 4.34. The van der Waals surface area contributed by atoms with E-state index in [1.54, 1.807) is 0 Å². The molecule has 1 heterocycles. The Morgan fingerprint density at radius 2 is 1.09 bits per heavy atom. The molecule has 0 radical (unpaired) electrons. The minimum Gasteiger partial charge on any atom is -0.356 e. The fraction of sp³-hybridized carbons (Fsp3) is 0.300. The van der Waals surface area contributed by atoms with Crippen molar-refractivity contribution in [3.8, 4) is 0 Å². The molecule has 35 heavy (non-hydrogen) atoms. The maximum atomic E-state index is 13.1. The molecule has 0 fully saturated rings. The van der Waals surface area contributed by atoms with Crippen LogP contribution in [0.15, 0.2) is 103 Å². The Morgan fingerprint density at radius 3 is 1.34 bits per heavy atom. The normalized spacial score (nSPS) is 13.1. The molecule has 3 aromatic carbocycles. The van der Waals surface area contributed by atoms with Crippen LogP contribution in [0.2, 0.25) is 0 Å². The van der Waals surface area contributed by atoms with Crippen LogP contribution < -0.4 is 5.32 Å². The Labute approximate surface area is 209 Å². The Balaban J connectivity index is 0.000000261. The van der Waals surface area contributed by atoms with E-state index in [4.69, 9.17) is 0 Å². The molecule has 4 nitrogen and oxygen atoms in total. The molecule has 0 atom stereocenters. The van der Waals surface area contributed by atoms with Gasteiger partial charge in [0.25, 0.3) is 5.91 Å². The maximum Gasteiger partial charge on any atom is 0.252 e. The minimum atomic E-state index is -1.06. The summed E-state index contributed by atoms with van der Waals surface area (Å²) in [6, 6.07) is 30.1. The predicted molar refractivity (Wildman–Crippen MR) is 141 cm³/mol. The molecule has 0 unspecified atom stereocenters. The van der Waals surface area contributed by atoms with Crippen molar-refractivity contribution in [1.29, 1.82) is 0 Å². The van der Waals surface area contributed by atoms with Crippen molar-refractivity contribution in [3.05, 3.63) is 120 Å². The van der Waals surface area contributed by atoms with E-state index in [1.807, 2.05) is 91.0 Å². The quantitative estimate of drug-likeness (QED) is 0.433. The lowest BCUT2D eigenvalue weighted by Crippen LogP contribution is -2.48. The molecule has 184 valence electrons. The van der Waals surface area contributed by atoms with E-state index in [-0.39, 0.29) is 0 Å². The zero-order valence-corrected chi connectivity index (χ0v) is 21.1. The second-order valence-electron chi connectivity index (χ2n) is 9.19. The molecule has 1 aliphatic rings. The van der Waals surface area contributed by atoms with Crippen LogP contribution in [-0.4, -0.2) is 41.1 Å². The Hall–Kier alpha value is -3.60. The van der Waals surface area contributed by atoms with Gasteiger partial charge in [0.15, 0.2) is 6.67 Å². The van der Waals surface area contributed by atoms with Gasteiger partial charge in [0.1, 0.15) is 5.54 Å². The van der Waals surface area contributed by atoms with Crippen LogP contribution in [-0.2, 0) is 10.3 Å². The number of benzene rings is 3. The van der Waals surface area contributed by atoms with E-state index in [9.17, 15) is 9.18 Å². The third kappa shape index (κ3) is 6.30. The lowest BCUT2D eigenvalue weighted by Gasteiger charge is -2.36. The van der Waals surface area contributed by atoms with E-state index in [0.717, 1.165) is 23.4 Å². The largest absolute Gasteiger partial charge is 0.356 e. The first-order valence-electron chi connectivity index (χ1n) is 12.1. The standard InChI is InChI=1S/C21H18FNO.C9H18N2/c22-16-20(24)23-21(17-10-4-1-5-11-17,18-12-6-2-7-13-18)19-14-8-3-9-15-19;1-8(2)10-5-6-11(7-10)9(3)4/h1-15H,16H2,(H,23,24);5-6,8-9H,7H2,1-4H3. The first-order valence-corrected chi connectivity index (χ1v) is 12.1. The van der Waals surface area contributed by atoms with Crippen molar-refractivity contribution in [3.63, 3.8) is 0 Å². The highest BCUT2D eigenvalue weighted by molar-refractivity contribution is 5.80. The van der Waals surface area contributed by atoms with Crippen molar-refractivity contribution in [1.82, 2.24) is 15.1 Å². The second kappa shape index (κ2) is 12.2. The lowest BCUT2D eigenvalue weighted by molar-refractivity contribution is -0.123. The summed E-state index contributed by atoms with van der Waals surface area (Å²) < 4.78 is 13.1. The van der Waals surface area contributed by atoms with E-state index in [0.29, 0.717) is 12.1 Å². The Kier molecular flexibility index (Phi) is 9.07. The first kappa shape index (κ1) is 26.0. The van der Waals surface area contributed by atoms with Gasteiger partial charge in [-0.2, -0.15) is 0 Å². The highest BCUT2D eigenvalue weighted by Gasteiger charge is 2.37. The molecule has 3 aromatic rings. The van der Waals surface area contributed by atoms with Crippen LogP contribution in [0.5, 0.6) is 0 Å². The highest BCUT2D eigenvalue weighted by atomic mass is 19.1. The molecule has 0 aromatic heterocycles. The summed E-state index contributed by atoms with van der Waals surface area (Å²) in [4.78, 5) is 16.7. The van der Waals surface area contributed by atoms with Gasteiger partial charge in [-0.1, -0.05) is 91.0 Å². The summed E-state index contributed by atoms with van der Waals surface area (Å²) in [5, 5.41) is 2.92. The molecular weight excluding hydrogens is 437 g/mol. The van der Waals surface area contributed by atoms with Gasteiger partial charge in [-0.15, -0.1) is 0 Å². The summed E-state index contributed by atoms with van der Waals surface area (Å²) in [5.41, 5.74) is 1.70. The average Bonchev–Trinajstić information content (AvgIpc) is 3.41. The minimum absolute atomic E-state index is 0.620. The molecule has 0 saturated heterocycles. The van der Waals surface area contributed by atoms with Gasteiger partial charge in [-0.25, -0.2) is 4.39 Å². The summed E-state index contributed by atoms with van der Waals surface area (Å²) in [7, 11) is 0. The molecule has 5 heteroatoms. The van der Waals surface area contributed by atoms with Gasteiger partial charge in [0.2, 0.25) is 0 Å². The number of hydrogen-bond acceptors (Lipinski definition) is 3. The van der Waals surface area contributed by atoms with Crippen molar-refractivity contribution >= 4 is 5.91 Å². The van der Waals surface area contributed by atoms with Crippen LogP contribution in [0.4, 0.5) is 4.39 Å². The smallest absolute Gasteiger partial charge is 0.252 e. The number of halogens is 1. The van der Waals surface area contributed by atoms with Gasteiger partial charge in [-0.05, 0) is 44.4 Å². The zero-order valence-electron chi connectivity index (χ0n) is 21.1. The molecule has 0 bridgehead atoms. The number of hydrogen-bond donors (Lipinski definition) is 1. The van der Waals surface area contributed by atoms with Gasteiger partial charge in [-0.3, -0.25) is 4.79 Å². The van der Waals surface area contributed by atoms with Gasteiger partial charge in [0.05, 0.1) is 6.67 Å². The first-order chi connectivity index (χ1) is 16.9. The number of nitrogens with zero attached hydrogens (tertiary/aromatic N) is 2. The molecule has 0 aliphatic carbocycles. The molecule has 1 amide bonds. The summed E-state index contributed by atoms with van der Waals surface area (Å²) in [5.74, 6) is -0.647. The fourth-order valence-corrected chi connectivity index (χ4v) is 4.15. The lowest BCUT2D eigenvalue weighted by atomic mass is 9.77. The molecule has 0 spiro atoms. The third-order valence-electron chi connectivity index (χ3n) is 6.17. The second-order valence-corrected chi connectivity index (χ2v) is 9.19. The number of nitrogens with one attached hydrogen (secondary N) is 1. The van der Waals surface area contributed by atoms with E-state index >= 15 is 0 Å². The third-order valence-corrected chi connectivity index (χ3v) is 6.17. The highest BCUT2D eigenvalue weighted by Crippen LogP contribution is 2.36. The SMILES string of the molecule is CC(C)N1C=CN(C(C)C)C1.O=C(CF)NC(c1ccccc1)(c1ccccc1)c1ccccc1. The Bertz CT molecular complexity index is 956. The molecule has 0 saturated carbocycles. The van der Waals surface area contributed by atoms with E-state index < -0.39 is 18.1 Å². The molecule has 1 aliphatic heterocycles. The van der Waals surface area contributed by atoms with Crippen LogP contribution in [0, 0.1) is 0 Å². The van der Waals surface area contributed by atoms with Gasteiger partial charge < -0.3 is 15.1 Å². The number of carbonyl (C=O) groups is 1. The number of amides is 1. The predicted octanol–water partition coefficient (Wildman–Crippen LogP) is 5.91. The summed E-state index contributed by atoms with van der Waals surface area (Å²) >= 11 is 0. The fourth-order valence-electron chi connectivity index (χ4n) is 4.15. The molecule has 4 rings (SSSR count). The average molecular weight is 474 g/mol. The number of alkyl halides is 1. The van der Waals surface area contributed by atoms with Gasteiger partial charge in [0, 0.05) is 24.5 Å². The van der Waals surface area contributed by atoms with E-state index in [1.165, 1.54) is 0 Å². The molecular formula is C30H36FN3O. The van der Waals surface area contributed by atoms with Crippen molar-refractivity contribution in [2.75, 3.05) is 13.3 Å². The topological polar surface area (TPSA) is 35.6 Å². The maximum absolute atomic E-state index is 13.1. The van der Waals surface area contributed by atoms with Crippen molar-refractivity contribution in [2.24, 2.45) is 0 Å². The van der Waals surface area contributed by atoms with E-state index in [2.05, 4.69) is 55.2 Å². The van der Waals surface area contributed by atoms with Crippen molar-refractivity contribution in [2.45, 2.75) is 45.3 Å². The van der Waals surface area contributed by atoms with Gasteiger partial charge >= 0.3 is 0 Å². The number of rotatable bonds is 7. The zero-order chi connectivity index (χ0) is 25.3. The molecule has 1 N–H and O–H groups in total. The van der Waals surface area contributed by atoms with Crippen LogP contribution in [0.1, 0.15) is 44.4 Å². The monoisotopic (exact) mass is 473 g/mol. The number of carbonyl (C=O) groups excluding carboxylic acids is 1. The van der Waals surface area contributed by atoms with Crippen molar-refractivity contribution < 1.29 is 9.18 Å². The van der Waals surface area contributed by atoms with Crippen LogP contribution >= 0.6 is 0 Å².